The normalized spacial score (nSPS) is 12.3. The Morgan fingerprint density at radius 3 is 2.62 bits per heavy atom. The zero-order valence-corrected chi connectivity index (χ0v) is 12.7. The van der Waals surface area contributed by atoms with E-state index in [-0.39, 0.29) is 0 Å². The Bertz CT molecular complexity index is 456. The van der Waals surface area contributed by atoms with E-state index in [0.29, 0.717) is 18.0 Å². The molecule has 0 aliphatic heterocycles. The van der Waals surface area contributed by atoms with Crippen molar-refractivity contribution < 1.29 is 8.42 Å². The molecule has 0 saturated carbocycles. The van der Waals surface area contributed by atoms with Gasteiger partial charge in [0.1, 0.15) is 0 Å². The molecule has 0 radical (unpaired) electrons. The van der Waals surface area contributed by atoms with Gasteiger partial charge in [0.05, 0.1) is 8.68 Å². The maximum absolute atomic E-state index is 12.2. The number of hydrogen-bond acceptors (Lipinski definition) is 4. The highest BCUT2D eigenvalue weighted by Gasteiger charge is 2.24. The first-order valence-electron chi connectivity index (χ1n) is 4.76. The lowest BCUT2D eigenvalue weighted by molar-refractivity contribution is 0.466. The summed E-state index contributed by atoms with van der Waals surface area (Å²) in [6, 6.07) is 1.66. The first-order chi connectivity index (χ1) is 7.39. The van der Waals surface area contributed by atoms with Gasteiger partial charge < -0.3 is 5.32 Å². The summed E-state index contributed by atoms with van der Waals surface area (Å²) in [6.07, 6.45) is 0. The monoisotopic (exact) mass is 326 g/mol. The summed E-state index contributed by atoms with van der Waals surface area (Å²) < 4.78 is 26.5. The van der Waals surface area contributed by atoms with Crippen LogP contribution >= 0.6 is 27.3 Å². The van der Waals surface area contributed by atoms with Crippen molar-refractivity contribution in [2.75, 3.05) is 27.2 Å². The molecule has 1 rings (SSSR count). The van der Waals surface area contributed by atoms with Gasteiger partial charge in [-0.05, 0) is 36.0 Å². The van der Waals surface area contributed by atoms with Crippen LogP contribution in [0.15, 0.2) is 14.7 Å². The van der Waals surface area contributed by atoms with Crippen LogP contribution in [-0.2, 0) is 10.0 Å². The minimum absolute atomic E-state index is 0.392. The maximum Gasteiger partial charge on any atom is 0.243 e. The Kier molecular flexibility index (Phi) is 4.93. The van der Waals surface area contributed by atoms with Crippen molar-refractivity contribution in [1.82, 2.24) is 9.62 Å². The van der Waals surface area contributed by atoms with E-state index in [1.54, 1.807) is 20.2 Å². The third-order valence-corrected chi connectivity index (χ3v) is 5.87. The lowest BCUT2D eigenvalue weighted by Gasteiger charge is -2.16. The molecule has 0 atom stereocenters. The quantitative estimate of drug-likeness (QED) is 0.895. The molecule has 0 fully saturated rings. The fourth-order valence-electron chi connectivity index (χ4n) is 1.24. The standard InChI is InChI=1S/C9H15BrN2O2S2/c1-7-8(6-9(10)15-7)16(13,14)12(3)5-4-11-2/h6,11H,4-5H2,1-3H3. The molecule has 0 bridgehead atoms. The number of nitrogens with one attached hydrogen (secondary N) is 1. The van der Waals surface area contributed by atoms with Crippen LogP contribution in [0.4, 0.5) is 0 Å². The molecular formula is C9H15BrN2O2S2. The summed E-state index contributed by atoms with van der Waals surface area (Å²) in [5.74, 6) is 0. The molecule has 16 heavy (non-hydrogen) atoms. The van der Waals surface area contributed by atoms with Crippen molar-refractivity contribution >= 4 is 37.3 Å². The molecule has 0 aliphatic rings. The topological polar surface area (TPSA) is 49.4 Å². The van der Waals surface area contributed by atoms with E-state index in [9.17, 15) is 8.42 Å². The first-order valence-corrected chi connectivity index (χ1v) is 7.81. The minimum Gasteiger partial charge on any atom is -0.318 e. The second kappa shape index (κ2) is 5.59. The van der Waals surface area contributed by atoms with Gasteiger partial charge in [0.2, 0.25) is 10.0 Å². The average molecular weight is 327 g/mol. The van der Waals surface area contributed by atoms with Crippen molar-refractivity contribution in [1.29, 1.82) is 0 Å². The van der Waals surface area contributed by atoms with Crippen molar-refractivity contribution in [2.45, 2.75) is 11.8 Å². The van der Waals surface area contributed by atoms with Crippen LogP contribution in [0.2, 0.25) is 0 Å². The summed E-state index contributed by atoms with van der Waals surface area (Å²) in [5.41, 5.74) is 0. The van der Waals surface area contributed by atoms with E-state index in [0.717, 1.165) is 8.66 Å². The Morgan fingerprint density at radius 1 is 1.56 bits per heavy atom. The van der Waals surface area contributed by atoms with Crippen LogP contribution in [0, 0.1) is 6.92 Å². The van der Waals surface area contributed by atoms with Crippen LogP contribution in [0.1, 0.15) is 4.88 Å². The summed E-state index contributed by atoms with van der Waals surface area (Å²) in [5, 5.41) is 2.93. The number of halogens is 1. The fraction of sp³-hybridized carbons (Fsp3) is 0.556. The highest BCUT2D eigenvalue weighted by Crippen LogP contribution is 2.30. The third-order valence-electron chi connectivity index (χ3n) is 2.21. The summed E-state index contributed by atoms with van der Waals surface area (Å²) in [4.78, 5) is 1.20. The summed E-state index contributed by atoms with van der Waals surface area (Å²) >= 11 is 4.73. The number of aryl methyl sites for hydroxylation is 1. The van der Waals surface area contributed by atoms with E-state index < -0.39 is 10.0 Å². The van der Waals surface area contributed by atoms with Gasteiger partial charge in [-0.2, -0.15) is 4.31 Å². The minimum atomic E-state index is -3.35. The molecule has 0 aliphatic carbocycles. The maximum atomic E-state index is 12.2. The van der Waals surface area contributed by atoms with E-state index in [4.69, 9.17) is 0 Å². The highest BCUT2D eigenvalue weighted by atomic mass is 79.9. The second-order valence-electron chi connectivity index (χ2n) is 3.40. The Labute approximate surface area is 109 Å². The number of thiophene rings is 1. The lowest BCUT2D eigenvalue weighted by atomic mass is 10.5. The Balaban J connectivity index is 2.97. The van der Waals surface area contributed by atoms with Crippen molar-refractivity contribution in [3.05, 3.63) is 14.7 Å². The summed E-state index contributed by atoms with van der Waals surface area (Å²) in [6.45, 7) is 2.92. The Morgan fingerprint density at radius 2 is 2.19 bits per heavy atom. The molecule has 1 N–H and O–H groups in total. The lowest BCUT2D eigenvalue weighted by Crippen LogP contribution is -2.32. The first kappa shape index (κ1) is 14.1. The number of likely N-dealkylation sites (N-methyl/N-ethyl adjacent to an activating group) is 2. The van der Waals surface area contributed by atoms with Crippen LogP contribution in [-0.4, -0.2) is 39.9 Å². The Hall–Kier alpha value is 0.0500. The molecule has 0 aromatic carbocycles. The number of hydrogen-bond donors (Lipinski definition) is 1. The molecule has 0 amide bonds. The predicted octanol–water partition coefficient (Wildman–Crippen LogP) is 1.66. The van der Waals surface area contributed by atoms with Gasteiger partial charge in [0.15, 0.2) is 0 Å². The number of sulfonamides is 1. The molecule has 0 spiro atoms. The molecule has 1 aromatic heterocycles. The van der Waals surface area contributed by atoms with Gasteiger partial charge in [0, 0.05) is 25.0 Å². The molecule has 1 heterocycles. The van der Waals surface area contributed by atoms with Crippen molar-refractivity contribution in [3.8, 4) is 0 Å². The van der Waals surface area contributed by atoms with Crippen LogP contribution in [0.3, 0.4) is 0 Å². The van der Waals surface area contributed by atoms with Gasteiger partial charge in [-0.1, -0.05) is 0 Å². The van der Waals surface area contributed by atoms with Crippen LogP contribution in [0.5, 0.6) is 0 Å². The van der Waals surface area contributed by atoms with Gasteiger partial charge in [0.25, 0.3) is 0 Å². The summed E-state index contributed by atoms with van der Waals surface area (Å²) in [7, 11) is 0.0461. The fourth-order valence-corrected chi connectivity index (χ4v) is 4.79. The zero-order valence-electron chi connectivity index (χ0n) is 9.45. The number of nitrogens with zero attached hydrogens (tertiary/aromatic N) is 1. The van der Waals surface area contributed by atoms with Crippen LogP contribution in [0.25, 0.3) is 0 Å². The van der Waals surface area contributed by atoms with Crippen molar-refractivity contribution in [3.63, 3.8) is 0 Å². The third kappa shape index (κ3) is 3.04. The molecule has 0 saturated heterocycles. The largest absolute Gasteiger partial charge is 0.318 e. The zero-order chi connectivity index (χ0) is 12.3. The highest BCUT2D eigenvalue weighted by molar-refractivity contribution is 9.11. The molecule has 4 nitrogen and oxygen atoms in total. The van der Waals surface area contributed by atoms with Crippen LogP contribution < -0.4 is 5.32 Å². The van der Waals surface area contributed by atoms with E-state index in [1.807, 2.05) is 6.92 Å². The SMILES string of the molecule is CNCCN(C)S(=O)(=O)c1cc(Br)sc1C. The molecule has 92 valence electrons. The van der Waals surface area contributed by atoms with E-state index >= 15 is 0 Å². The predicted molar refractivity (Wildman–Crippen MR) is 70.5 cm³/mol. The van der Waals surface area contributed by atoms with E-state index in [2.05, 4.69) is 21.2 Å². The van der Waals surface area contributed by atoms with Gasteiger partial charge >= 0.3 is 0 Å². The van der Waals surface area contributed by atoms with E-state index in [1.165, 1.54) is 15.6 Å². The van der Waals surface area contributed by atoms with Gasteiger partial charge in [-0.15, -0.1) is 11.3 Å². The number of rotatable bonds is 5. The average Bonchev–Trinajstić information content (AvgIpc) is 2.54. The van der Waals surface area contributed by atoms with Crippen molar-refractivity contribution in [2.24, 2.45) is 0 Å². The molecule has 1 aromatic rings. The molecule has 7 heteroatoms. The van der Waals surface area contributed by atoms with Gasteiger partial charge in [-0.25, -0.2) is 8.42 Å². The smallest absolute Gasteiger partial charge is 0.243 e. The second-order valence-corrected chi connectivity index (χ2v) is 8.05. The molecular weight excluding hydrogens is 312 g/mol. The molecule has 0 unspecified atom stereocenters. The van der Waals surface area contributed by atoms with Gasteiger partial charge in [-0.3, -0.25) is 0 Å².